The van der Waals surface area contributed by atoms with Crippen LogP contribution < -0.4 is 0 Å². The summed E-state index contributed by atoms with van der Waals surface area (Å²) in [5, 5.41) is 0. The summed E-state index contributed by atoms with van der Waals surface area (Å²) in [5.74, 6) is 0.569. The summed E-state index contributed by atoms with van der Waals surface area (Å²) in [5.41, 5.74) is 0.0820. The van der Waals surface area contributed by atoms with Crippen LogP contribution >= 0.6 is 0 Å². The van der Waals surface area contributed by atoms with Gasteiger partial charge in [-0.2, -0.15) is 0 Å². The molecule has 1 fully saturated rings. The lowest BCUT2D eigenvalue weighted by Crippen LogP contribution is -2.51. The van der Waals surface area contributed by atoms with Crippen LogP contribution in [0.25, 0.3) is 0 Å². The Morgan fingerprint density at radius 3 is 2.19 bits per heavy atom. The number of rotatable bonds is 1. The summed E-state index contributed by atoms with van der Waals surface area (Å²) in [6.45, 7) is 9.26. The van der Waals surface area contributed by atoms with Gasteiger partial charge < -0.3 is 19.0 Å². The van der Waals surface area contributed by atoms with Gasteiger partial charge in [0.2, 0.25) is 0 Å². The molecule has 1 aromatic rings. The predicted octanol–water partition coefficient (Wildman–Crippen LogP) is 2.28. The number of carbonyl (C=O) groups is 2. The molecule has 0 N–H and O–H groups in total. The zero-order valence-electron chi connectivity index (χ0n) is 13.0. The third-order valence-corrected chi connectivity index (χ3v) is 3.31. The van der Waals surface area contributed by atoms with Crippen LogP contribution in [0.3, 0.4) is 0 Å². The standard InChI is InChI=1S/C15H22N2O4/c1-11-12(5-10-20-11)13(18)16-6-8-17(9-7-16)14(19)21-15(2,3)4/h5,10H,6-9H2,1-4H3. The van der Waals surface area contributed by atoms with Crippen molar-refractivity contribution in [2.75, 3.05) is 26.2 Å². The number of piperazine rings is 1. The number of aryl methyl sites for hydroxylation is 1. The minimum absolute atomic E-state index is 0.0508. The van der Waals surface area contributed by atoms with Crippen molar-refractivity contribution in [1.29, 1.82) is 0 Å². The zero-order valence-corrected chi connectivity index (χ0v) is 13.0. The van der Waals surface area contributed by atoms with Crippen molar-refractivity contribution in [1.82, 2.24) is 9.80 Å². The fraction of sp³-hybridized carbons (Fsp3) is 0.600. The minimum atomic E-state index is -0.502. The van der Waals surface area contributed by atoms with E-state index in [1.165, 1.54) is 6.26 Å². The van der Waals surface area contributed by atoms with Crippen molar-refractivity contribution in [2.45, 2.75) is 33.3 Å². The van der Waals surface area contributed by atoms with E-state index in [9.17, 15) is 9.59 Å². The molecule has 0 saturated carbocycles. The lowest BCUT2D eigenvalue weighted by atomic mass is 10.2. The molecule has 0 aromatic carbocycles. The molecule has 2 amide bonds. The predicted molar refractivity (Wildman–Crippen MR) is 77.2 cm³/mol. The summed E-state index contributed by atoms with van der Waals surface area (Å²) in [6.07, 6.45) is 1.19. The third kappa shape index (κ3) is 3.77. The van der Waals surface area contributed by atoms with Gasteiger partial charge in [0.25, 0.3) is 5.91 Å². The molecular formula is C15H22N2O4. The van der Waals surface area contributed by atoms with Crippen molar-refractivity contribution in [3.8, 4) is 0 Å². The Morgan fingerprint density at radius 1 is 1.14 bits per heavy atom. The highest BCUT2D eigenvalue weighted by atomic mass is 16.6. The van der Waals surface area contributed by atoms with Crippen molar-refractivity contribution < 1.29 is 18.7 Å². The zero-order chi connectivity index (χ0) is 15.6. The maximum absolute atomic E-state index is 12.3. The molecule has 2 heterocycles. The first kappa shape index (κ1) is 15.4. The number of amides is 2. The molecule has 0 spiro atoms. The molecule has 21 heavy (non-hydrogen) atoms. The third-order valence-electron chi connectivity index (χ3n) is 3.31. The fourth-order valence-electron chi connectivity index (χ4n) is 2.20. The van der Waals surface area contributed by atoms with E-state index in [1.54, 1.807) is 22.8 Å². The molecule has 0 bridgehead atoms. The average molecular weight is 294 g/mol. The van der Waals surface area contributed by atoms with Crippen LogP contribution in [0.5, 0.6) is 0 Å². The van der Waals surface area contributed by atoms with Gasteiger partial charge in [0.15, 0.2) is 0 Å². The molecule has 1 aliphatic heterocycles. The second-order valence-corrected chi connectivity index (χ2v) is 6.15. The van der Waals surface area contributed by atoms with Crippen molar-refractivity contribution >= 4 is 12.0 Å². The molecule has 6 nitrogen and oxygen atoms in total. The van der Waals surface area contributed by atoms with E-state index in [0.717, 1.165) is 0 Å². The highest BCUT2D eigenvalue weighted by Gasteiger charge is 2.28. The van der Waals surface area contributed by atoms with E-state index in [2.05, 4.69) is 0 Å². The van der Waals surface area contributed by atoms with Gasteiger partial charge >= 0.3 is 6.09 Å². The van der Waals surface area contributed by atoms with E-state index in [4.69, 9.17) is 9.15 Å². The van der Waals surface area contributed by atoms with Crippen molar-refractivity contribution in [3.05, 3.63) is 23.7 Å². The Balaban J connectivity index is 1.90. The van der Waals surface area contributed by atoms with E-state index in [-0.39, 0.29) is 12.0 Å². The molecule has 1 aromatic heterocycles. The fourth-order valence-corrected chi connectivity index (χ4v) is 2.20. The van der Waals surface area contributed by atoms with Crippen LogP contribution in [0, 0.1) is 6.92 Å². The first-order chi connectivity index (χ1) is 9.78. The van der Waals surface area contributed by atoms with Crippen molar-refractivity contribution in [2.24, 2.45) is 0 Å². The first-order valence-electron chi connectivity index (χ1n) is 7.09. The maximum Gasteiger partial charge on any atom is 0.410 e. The maximum atomic E-state index is 12.3. The van der Waals surface area contributed by atoms with Crippen LogP contribution in [0.1, 0.15) is 36.9 Å². The monoisotopic (exact) mass is 294 g/mol. The highest BCUT2D eigenvalue weighted by molar-refractivity contribution is 5.95. The second-order valence-electron chi connectivity index (χ2n) is 6.15. The number of carbonyl (C=O) groups excluding carboxylic acids is 2. The van der Waals surface area contributed by atoms with Crippen LogP contribution in [0.2, 0.25) is 0 Å². The topological polar surface area (TPSA) is 63.0 Å². The molecule has 0 atom stereocenters. The summed E-state index contributed by atoms with van der Waals surface area (Å²) >= 11 is 0. The summed E-state index contributed by atoms with van der Waals surface area (Å²) in [6, 6.07) is 1.68. The van der Waals surface area contributed by atoms with Crippen LogP contribution in [-0.2, 0) is 4.74 Å². The van der Waals surface area contributed by atoms with Crippen LogP contribution in [0.4, 0.5) is 4.79 Å². The van der Waals surface area contributed by atoms with Gasteiger partial charge in [-0.3, -0.25) is 4.79 Å². The Morgan fingerprint density at radius 2 is 1.71 bits per heavy atom. The van der Waals surface area contributed by atoms with Gasteiger partial charge in [-0.15, -0.1) is 0 Å². The molecule has 1 aliphatic rings. The number of nitrogens with zero attached hydrogens (tertiary/aromatic N) is 2. The molecule has 116 valence electrons. The molecule has 6 heteroatoms. The molecule has 1 saturated heterocycles. The number of ether oxygens (including phenoxy) is 1. The van der Waals surface area contributed by atoms with E-state index < -0.39 is 5.60 Å². The number of furan rings is 1. The van der Waals surface area contributed by atoms with Gasteiger partial charge in [-0.25, -0.2) is 4.79 Å². The quantitative estimate of drug-likeness (QED) is 0.797. The lowest BCUT2D eigenvalue weighted by Gasteiger charge is -2.35. The molecule has 0 aliphatic carbocycles. The smallest absolute Gasteiger partial charge is 0.410 e. The first-order valence-corrected chi connectivity index (χ1v) is 7.09. The Labute approximate surface area is 124 Å². The van der Waals surface area contributed by atoms with Crippen molar-refractivity contribution in [3.63, 3.8) is 0 Å². The normalized spacial score (nSPS) is 16.0. The minimum Gasteiger partial charge on any atom is -0.469 e. The number of hydrogen-bond donors (Lipinski definition) is 0. The summed E-state index contributed by atoms with van der Waals surface area (Å²) in [4.78, 5) is 27.6. The average Bonchev–Trinajstić information content (AvgIpc) is 2.82. The molecule has 0 radical (unpaired) electrons. The Hall–Kier alpha value is -1.98. The summed E-state index contributed by atoms with van der Waals surface area (Å²) in [7, 11) is 0. The Bertz CT molecular complexity index is 522. The number of hydrogen-bond acceptors (Lipinski definition) is 4. The van der Waals surface area contributed by atoms with Gasteiger partial charge in [-0.1, -0.05) is 0 Å². The van der Waals surface area contributed by atoms with Gasteiger partial charge in [-0.05, 0) is 33.8 Å². The molecule has 2 rings (SSSR count). The van der Waals surface area contributed by atoms with Crippen LogP contribution in [0.15, 0.2) is 16.7 Å². The largest absolute Gasteiger partial charge is 0.469 e. The Kier molecular flexibility index (Phi) is 4.25. The second kappa shape index (κ2) is 5.79. The highest BCUT2D eigenvalue weighted by Crippen LogP contribution is 2.15. The summed E-state index contributed by atoms with van der Waals surface area (Å²) < 4.78 is 10.5. The van der Waals surface area contributed by atoms with Gasteiger partial charge in [0.1, 0.15) is 11.4 Å². The molecular weight excluding hydrogens is 272 g/mol. The lowest BCUT2D eigenvalue weighted by molar-refractivity contribution is 0.0140. The van der Waals surface area contributed by atoms with Gasteiger partial charge in [0.05, 0.1) is 11.8 Å². The molecule has 0 unspecified atom stereocenters. The van der Waals surface area contributed by atoms with Crippen LogP contribution in [-0.4, -0.2) is 53.6 Å². The van der Waals surface area contributed by atoms with E-state index in [0.29, 0.717) is 37.5 Å². The SMILES string of the molecule is Cc1occc1C(=O)N1CCN(C(=O)OC(C)(C)C)CC1. The van der Waals surface area contributed by atoms with E-state index in [1.807, 2.05) is 20.8 Å². The van der Waals surface area contributed by atoms with Gasteiger partial charge in [0, 0.05) is 26.2 Å². The van der Waals surface area contributed by atoms with E-state index >= 15 is 0 Å².